The second-order valence-corrected chi connectivity index (χ2v) is 3.24. The molecular formula is C5H8N2OS2. The third kappa shape index (κ3) is 1.67. The van der Waals surface area contributed by atoms with Crippen LogP contribution in [0.5, 0.6) is 0 Å². The fourth-order valence-corrected chi connectivity index (χ4v) is 0.919. The van der Waals surface area contributed by atoms with Gasteiger partial charge in [-0.15, -0.1) is 11.7 Å². The van der Waals surface area contributed by atoms with Crippen LogP contribution in [0.1, 0.15) is 25.6 Å². The molecule has 10 heavy (non-hydrogen) atoms. The molecule has 0 aliphatic rings. The van der Waals surface area contributed by atoms with Gasteiger partial charge < -0.3 is 4.52 Å². The quantitative estimate of drug-likeness (QED) is 0.553. The molecule has 1 aromatic rings. The van der Waals surface area contributed by atoms with E-state index < -0.39 is 0 Å². The zero-order chi connectivity index (χ0) is 7.56. The lowest BCUT2D eigenvalue weighted by Gasteiger charge is -1.91. The molecule has 3 nitrogen and oxygen atoms in total. The van der Waals surface area contributed by atoms with Crippen LogP contribution in [-0.2, 0) is 0 Å². The highest BCUT2D eigenvalue weighted by Gasteiger charge is 2.07. The maximum absolute atomic E-state index is 4.80. The average Bonchev–Trinajstić information content (AvgIpc) is 2.34. The van der Waals surface area contributed by atoms with Gasteiger partial charge in [-0.3, -0.25) is 0 Å². The van der Waals surface area contributed by atoms with Gasteiger partial charge in [0.2, 0.25) is 0 Å². The van der Waals surface area contributed by atoms with Gasteiger partial charge >= 0.3 is 0 Å². The molecule has 0 bridgehead atoms. The average molecular weight is 176 g/mol. The van der Waals surface area contributed by atoms with Gasteiger partial charge in [0.1, 0.15) is 0 Å². The van der Waals surface area contributed by atoms with E-state index in [4.69, 9.17) is 4.52 Å². The highest BCUT2D eigenvalue weighted by Crippen LogP contribution is 2.20. The minimum atomic E-state index is 0.318. The largest absolute Gasteiger partial charge is 0.326 e. The van der Waals surface area contributed by atoms with Crippen LogP contribution in [0, 0.1) is 0 Å². The minimum absolute atomic E-state index is 0.318. The summed E-state index contributed by atoms with van der Waals surface area (Å²) >= 11 is 3.91. The predicted molar refractivity (Wildman–Crippen MR) is 43.2 cm³/mol. The Labute approximate surface area is 68.4 Å². The lowest BCUT2D eigenvalue weighted by Crippen LogP contribution is -1.88. The number of aromatic nitrogens is 2. The number of hydrogen-bond donors (Lipinski definition) is 1. The van der Waals surface area contributed by atoms with E-state index in [1.54, 1.807) is 0 Å². The van der Waals surface area contributed by atoms with Crippen LogP contribution >= 0.6 is 22.5 Å². The first-order chi connectivity index (χ1) is 4.74. The molecule has 1 rings (SSSR count). The summed E-state index contributed by atoms with van der Waals surface area (Å²) in [5.41, 5.74) is 0. The van der Waals surface area contributed by atoms with Crippen LogP contribution in [0.3, 0.4) is 0 Å². The second kappa shape index (κ2) is 3.30. The fraction of sp³-hybridized carbons (Fsp3) is 0.600. The first kappa shape index (κ1) is 7.94. The lowest BCUT2D eigenvalue weighted by atomic mass is 10.2. The molecule has 0 atom stereocenters. The van der Waals surface area contributed by atoms with Gasteiger partial charge in [0, 0.05) is 16.7 Å². The van der Waals surface area contributed by atoms with Crippen LogP contribution in [0.4, 0.5) is 0 Å². The minimum Gasteiger partial charge on any atom is -0.326 e. The van der Waals surface area contributed by atoms with E-state index in [2.05, 4.69) is 21.8 Å². The lowest BCUT2D eigenvalue weighted by molar-refractivity contribution is 0.337. The number of hydrogen-bond acceptors (Lipinski definition) is 5. The van der Waals surface area contributed by atoms with E-state index in [1.807, 2.05) is 13.8 Å². The maximum Gasteiger partial charge on any atom is 0.296 e. The van der Waals surface area contributed by atoms with Crippen molar-refractivity contribution in [1.29, 1.82) is 0 Å². The van der Waals surface area contributed by atoms with Gasteiger partial charge in [-0.1, -0.05) is 19.0 Å². The van der Waals surface area contributed by atoms with Crippen molar-refractivity contribution in [2.45, 2.75) is 25.0 Å². The Morgan fingerprint density at radius 3 is 2.60 bits per heavy atom. The van der Waals surface area contributed by atoms with Crippen molar-refractivity contribution in [1.82, 2.24) is 10.1 Å². The molecule has 0 aliphatic carbocycles. The fourth-order valence-electron chi connectivity index (χ4n) is 0.492. The highest BCUT2D eigenvalue weighted by molar-refractivity contribution is 8.68. The molecule has 0 amide bonds. The first-order valence-corrected chi connectivity index (χ1v) is 4.76. The van der Waals surface area contributed by atoms with Crippen molar-refractivity contribution in [2.24, 2.45) is 0 Å². The van der Waals surface area contributed by atoms with Gasteiger partial charge in [0.25, 0.3) is 5.22 Å². The van der Waals surface area contributed by atoms with E-state index in [0.717, 1.165) is 16.6 Å². The van der Waals surface area contributed by atoms with Crippen LogP contribution in [-0.4, -0.2) is 10.1 Å². The Balaban J connectivity index is 2.78. The summed E-state index contributed by atoms with van der Waals surface area (Å²) in [6, 6.07) is 0. The Kier molecular flexibility index (Phi) is 2.62. The summed E-state index contributed by atoms with van der Waals surface area (Å²) in [4.78, 5) is 4.04. The van der Waals surface area contributed by atoms with Crippen molar-refractivity contribution in [3.8, 4) is 0 Å². The van der Waals surface area contributed by atoms with Crippen molar-refractivity contribution in [2.75, 3.05) is 0 Å². The Morgan fingerprint density at radius 1 is 1.60 bits per heavy atom. The standard InChI is InChI=1S/C5H8N2OS2/c1-3(2)4-6-5(10-9)8-7-4/h3,9H,1-2H3. The molecule has 0 aliphatic heterocycles. The number of thiol groups is 1. The van der Waals surface area contributed by atoms with Crippen LogP contribution < -0.4 is 0 Å². The van der Waals surface area contributed by atoms with Crippen LogP contribution in [0.2, 0.25) is 0 Å². The van der Waals surface area contributed by atoms with Crippen molar-refractivity contribution in [3.05, 3.63) is 5.82 Å². The molecular weight excluding hydrogens is 168 g/mol. The molecule has 0 saturated carbocycles. The van der Waals surface area contributed by atoms with E-state index in [0.29, 0.717) is 11.1 Å². The summed E-state index contributed by atoms with van der Waals surface area (Å²) in [7, 11) is 1.16. The van der Waals surface area contributed by atoms with Gasteiger partial charge in [-0.25, -0.2) is 0 Å². The van der Waals surface area contributed by atoms with Crippen molar-refractivity contribution >= 4 is 22.5 Å². The summed E-state index contributed by atoms with van der Waals surface area (Å²) in [6.45, 7) is 4.02. The third-order valence-corrected chi connectivity index (χ3v) is 1.81. The zero-order valence-corrected chi connectivity index (χ0v) is 7.45. The smallest absolute Gasteiger partial charge is 0.296 e. The molecule has 5 heteroatoms. The molecule has 0 aromatic carbocycles. The van der Waals surface area contributed by atoms with E-state index in [9.17, 15) is 0 Å². The summed E-state index contributed by atoms with van der Waals surface area (Å²) < 4.78 is 4.80. The summed E-state index contributed by atoms with van der Waals surface area (Å²) in [5.74, 6) is 1.05. The molecule has 1 heterocycles. The Bertz CT molecular complexity index is 211. The summed E-state index contributed by atoms with van der Waals surface area (Å²) in [5, 5.41) is 4.24. The summed E-state index contributed by atoms with van der Waals surface area (Å²) in [6.07, 6.45) is 0. The van der Waals surface area contributed by atoms with Crippen LogP contribution in [0.15, 0.2) is 9.75 Å². The van der Waals surface area contributed by atoms with Gasteiger partial charge in [0.15, 0.2) is 5.82 Å². The molecule has 0 N–H and O–H groups in total. The molecule has 0 saturated heterocycles. The Morgan fingerprint density at radius 2 is 2.30 bits per heavy atom. The van der Waals surface area contributed by atoms with E-state index >= 15 is 0 Å². The van der Waals surface area contributed by atoms with Crippen molar-refractivity contribution < 1.29 is 4.52 Å². The molecule has 0 radical (unpaired) electrons. The van der Waals surface area contributed by atoms with Crippen LogP contribution in [0.25, 0.3) is 0 Å². The van der Waals surface area contributed by atoms with E-state index in [1.165, 1.54) is 0 Å². The normalized spacial score (nSPS) is 10.8. The molecule has 56 valence electrons. The van der Waals surface area contributed by atoms with Crippen molar-refractivity contribution in [3.63, 3.8) is 0 Å². The number of nitrogens with zero attached hydrogens (tertiary/aromatic N) is 2. The van der Waals surface area contributed by atoms with Gasteiger partial charge in [-0.2, -0.15) is 4.98 Å². The number of rotatable bonds is 2. The monoisotopic (exact) mass is 176 g/mol. The SMILES string of the molecule is CC(C)c1noc(SS)n1. The van der Waals surface area contributed by atoms with Gasteiger partial charge in [-0.05, 0) is 0 Å². The highest BCUT2D eigenvalue weighted by atomic mass is 33.1. The second-order valence-electron chi connectivity index (χ2n) is 2.16. The zero-order valence-electron chi connectivity index (χ0n) is 5.74. The van der Waals surface area contributed by atoms with E-state index in [-0.39, 0.29) is 0 Å². The first-order valence-electron chi connectivity index (χ1n) is 2.89. The molecule has 0 unspecified atom stereocenters. The van der Waals surface area contributed by atoms with Gasteiger partial charge in [0.05, 0.1) is 0 Å². The molecule has 0 spiro atoms. The predicted octanol–water partition coefficient (Wildman–Crippen LogP) is 2.13. The maximum atomic E-state index is 4.80. The Hall–Kier alpha value is -0.160. The molecule has 0 fully saturated rings. The third-order valence-electron chi connectivity index (χ3n) is 1.02. The molecule has 1 aromatic heterocycles. The topological polar surface area (TPSA) is 38.9 Å².